The molecule has 0 radical (unpaired) electrons. The van der Waals surface area contributed by atoms with E-state index in [-0.39, 0.29) is 0 Å². The number of carbonyl (C=O) groups is 1. The molecule has 1 aromatic carbocycles. The van der Waals surface area contributed by atoms with Crippen molar-refractivity contribution < 1.29 is 31.1 Å². The highest BCUT2D eigenvalue weighted by atomic mass is 19.4. The summed E-state index contributed by atoms with van der Waals surface area (Å²) >= 11 is 0. The molecule has 0 saturated carbocycles. The van der Waals surface area contributed by atoms with Gasteiger partial charge in [0.05, 0.1) is 17.4 Å². The summed E-state index contributed by atoms with van der Waals surface area (Å²) in [7, 11) is 0. The van der Waals surface area contributed by atoms with Crippen LogP contribution in [-0.4, -0.2) is 31.8 Å². The number of aromatic amines is 1. The molecule has 0 aliphatic rings. The van der Waals surface area contributed by atoms with E-state index in [9.17, 15) is 31.1 Å². The summed E-state index contributed by atoms with van der Waals surface area (Å²) in [6.07, 6.45) is -4.20. The van der Waals surface area contributed by atoms with Gasteiger partial charge in [-0.15, -0.1) is 0 Å². The molecule has 3 aromatic heterocycles. The lowest BCUT2D eigenvalue weighted by atomic mass is 10.1. The van der Waals surface area contributed by atoms with Gasteiger partial charge in [0, 0.05) is 35.2 Å². The number of amides is 1. The number of halogens is 6. The third kappa shape index (κ3) is 3.96. The predicted molar refractivity (Wildman–Crippen MR) is 98.3 cm³/mol. The van der Waals surface area contributed by atoms with Crippen molar-refractivity contribution in [2.45, 2.75) is 12.4 Å². The molecule has 31 heavy (non-hydrogen) atoms. The number of nitrogens with zero attached hydrogens (tertiary/aromatic N) is 3. The van der Waals surface area contributed by atoms with Gasteiger partial charge in [0.1, 0.15) is 5.65 Å². The average molecular weight is 439 g/mol. The van der Waals surface area contributed by atoms with E-state index in [2.05, 4.69) is 15.1 Å². The summed E-state index contributed by atoms with van der Waals surface area (Å²) in [5.74, 6) is -2.30. The Hall–Kier alpha value is -3.83. The Labute approximate surface area is 169 Å². The number of hydrogen-bond donors (Lipinski definition) is 2. The first-order valence-electron chi connectivity index (χ1n) is 8.61. The zero-order chi connectivity index (χ0) is 22.4. The molecule has 0 spiro atoms. The quantitative estimate of drug-likeness (QED) is 0.445. The lowest BCUT2D eigenvalue weighted by molar-refractivity contribution is -0.167. The Morgan fingerprint density at radius 2 is 1.84 bits per heavy atom. The van der Waals surface area contributed by atoms with Crippen LogP contribution < -0.4 is 5.32 Å². The van der Waals surface area contributed by atoms with Crippen LogP contribution in [0.1, 0.15) is 5.56 Å². The summed E-state index contributed by atoms with van der Waals surface area (Å²) in [4.78, 5) is 18.2. The molecule has 6 nitrogen and oxygen atoms in total. The lowest BCUT2D eigenvalue weighted by Gasteiger charge is -2.15. The fraction of sp³-hybridized carbons (Fsp3) is 0.105. The van der Waals surface area contributed by atoms with Crippen LogP contribution in [0.15, 0.2) is 55.1 Å². The number of carbonyl (C=O) groups excluding carboxylic acids is 1. The zero-order valence-corrected chi connectivity index (χ0v) is 15.2. The van der Waals surface area contributed by atoms with Crippen molar-refractivity contribution in [3.05, 3.63) is 60.7 Å². The van der Waals surface area contributed by atoms with E-state index in [0.29, 0.717) is 28.2 Å². The van der Waals surface area contributed by atoms with Gasteiger partial charge in [0.15, 0.2) is 0 Å². The second kappa shape index (κ2) is 7.15. The summed E-state index contributed by atoms with van der Waals surface area (Å²) in [5.41, 5.74) is -0.457. The van der Waals surface area contributed by atoms with E-state index < -0.39 is 35.2 Å². The molecule has 0 fully saturated rings. The van der Waals surface area contributed by atoms with E-state index in [1.54, 1.807) is 23.6 Å². The third-order valence-corrected chi connectivity index (χ3v) is 4.42. The zero-order valence-electron chi connectivity index (χ0n) is 15.2. The number of alkyl halides is 6. The number of H-pyrrole nitrogens is 1. The number of pyridine rings is 1. The minimum absolute atomic E-state index is 0.459. The molecule has 0 aliphatic heterocycles. The van der Waals surface area contributed by atoms with Crippen molar-refractivity contribution in [2.24, 2.45) is 0 Å². The van der Waals surface area contributed by atoms with Crippen molar-refractivity contribution >= 4 is 22.6 Å². The average Bonchev–Trinajstić information content (AvgIpc) is 3.35. The second-order valence-electron chi connectivity index (χ2n) is 6.45. The highest BCUT2D eigenvalue weighted by Gasteiger charge is 2.39. The van der Waals surface area contributed by atoms with Crippen molar-refractivity contribution in [2.75, 3.05) is 5.32 Å². The van der Waals surface area contributed by atoms with E-state index in [0.717, 1.165) is 16.8 Å². The molecule has 0 bridgehead atoms. The Bertz CT molecular complexity index is 1270. The van der Waals surface area contributed by atoms with Crippen molar-refractivity contribution in [1.82, 2.24) is 19.7 Å². The topological polar surface area (TPSA) is 75.6 Å². The monoisotopic (exact) mass is 439 g/mol. The molecule has 2 N–H and O–H groups in total. The standard InChI is InChI=1S/C19H11F6N5O/c20-18(21,22)14-2-1-11(29-17(31)19(23,24)25)7-15(14)30-9-10(8-28-30)12-3-5-26-16-13(12)4-6-27-16/h1-9H,(H,26,27)(H,29,31). The smallest absolute Gasteiger partial charge is 0.346 e. The fourth-order valence-corrected chi connectivity index (χ4v) is 3.05. The van der Waals surface area contributed by atoms with E-state index in [1.165, 1.54) is 18.6 Å². The molecule has 0 atom stereocenters. The Kier molecular flexibility index (Phi) is 4.71. The number of hydrogen-bond acceptors (Lipinski definition) is 3. The highest BCUT2D eigenvalue weighted by molar-refractivity contribution is 5.95. The number of nitrogens with one attached hydrogen (secondary N) is 2. The van der Waals surface area contributed by atoms with E-state index in [1.807, 2.05) is 0 Å². The van der Waals surface area contributed by atoms with Gasteiger partial charge in [0.25, 0.3) is 0 Å². The van der Waals surface area contributed by atoms with Gasteiger partial charge in [-0.1, -0.05) is 0 Å². The molecular formula is C19H11F6N5O. The maximum absolute atomic E-state index is 13.5. The SMILES string of the molecule is O=C(Nc1ccc(C(F)(F)F)c(-n2cc(-c3ccnc4[nH]ccc34)cn2)c1)C(F)(F)F. The molecule has 0 unspecified atom stereocenters. The second-order valence-corrected chi connectivity index (χ2v) is 6.45. The number of anilines is 1. The van der Waals surface area contributed by atoms with Gasteiger partial charge in [-0.05, 0) is 35.9 Å². The number of benzene rings is 1. The highest BCUT2D eigenvalue weighted by Crippen LogP contribution is 2.36. The molecule has 3 heterocycles. The molecule has 0 aliphatic carbocycles. The summed E-state index contributed by atoms with van der Waals surface area (Å²) in [6.45, 7) is 0. The predicted octanol–water partition coefficient (Wildman–Crippen LogP) is 4.94. The Morgan fingerprint density at radius 3 is 2.55 bits per heavy atom. The van der Waals surface area contributed by atoms with E-state index >= 15 is 0 Å². The van der Waals surface area contributed by atoms with Crippen LogP contribution in [-0.2, 0) is 11.0 Å². The van der Waals surface area contributed by atoms with Gasteiger partial charge in [0.2, 0.25) is 0 Å². The van der Waals surface area contributed by atoms with Crippen LogP contribution in [0, 0.1) is 0 Å². The van der Waals surface area contributed by atoms with Crippen LogP contribution in [0.2, 0.25) is 0 Å². The molecule has 1 amide bonds. The van der Waals surface area contributed by atoms with Crippen LogP contribution >= 0.6 is 0 Å². The summed E-state index contributed by atoms with van der Waals surface area (Å²) < 4.78 is 78.9. The first-order valence-corrected chi connectivity index (χ1v) is 8.61. The summed E-state index contributed by atoms with van der Waals surface area (Å²) in [6, 6.07) is 5.50. The van der Waals surface area contributed by atoms with Crippen LogP contribution in [0.3, 0.4) is 0 Å². The normalized spacial score (nSPS) is 12.3. The molecule has 4 rings (SSSR count). The van der Waals surface area contributed by atoms with Gasteiger partial charge in [-0.2, -0.15) is 31.4 Å². The maximum atomic E-state index is 13.5. The third-order valence-electron chi connectivity index (χ3n) is 4.42. The molecular weight excluding hydrogens is 428 g/mol. The van der Waals surface area contributed by atoms with Crippen molar-refractivity contribution in [3.63, 3.8) is 0 Å². The van der Waals surface area contributed by atoms with Gasteiger partial charge in [-0.3, -0.25) is 4.79 Å². The minimum atomic E-state index is -5.19. The lowest BCUT2D eigenvalue weighted by Crippen LogP contribution is -2.30. The number of fused-ring (bicyclic) bond motifs is 1. The number of rotatable bonds is 3. The molecule has 12 heteroatoms. The van der Waals surface area contributed by atoms with Gasteiger partial charge >= 0.3 is 18.3 Å². The largest absolute Gasteiger partial charge is 0.471 e. The summed E-state index contributed by atoms with van der Waals surface area (Å²) in [5, 5.41) is 6.21. The maximum Gasteiger partial charge on any atom is 0.471 e. The van der Waals surface area contributed by atoms with Crippen LogP contribution in [0.4, 0.5) is 32.0 Å². The Morgan fingerprint density at radius 1 is 1.06 bits per heavy atom. The van der Waals surface area contributed by atoms with Crippen LogP contribution in [0.5, 0.6) is 0 Å². The first-order chi connectivity index (χ1) is 14.5. The van der Waals surface area contributed by atoms with Crippen molar-refractivity contribution in [1.29, 1.82) is 0 Å². The van der Waals surface area contributed by atoms with Gasteiger partial charge < -0.3 is 10.3 Å². The fourth-order valence-electron chi connectivity index (χ4n) is 3.05. The first kappa shape index (κ1) is 20.4. The van der Waals surface area contributed by atoms with E-state index in [4.69, 9.17) is 0 Å². The molecule has 160 valence electrons. The minimum Gasteiger partial charge on any atom is -0.346 e. The molecule has 0 saturated heterocycles. The number of aromatic nitrogens is 4. The Balaban J connectivity index is 1.78. The van der Waals surface area contributed by atoms with Crippen LogP contribution in [0.25, 0.3) is 27.8 Å². The van der Waals surface area contributed by atoms with Gasteiger partial charge in [-0.25, -0.2) is 9.67 Å². The van der Waals surface area contributed by atoms with Crippen molar-refractivity contribution in [3.8, 4) is 16.8 Å². The molecule has 4 aromatic rings.